The normalized spacial score (nSPS) is 9.83. The van der Waals surface area contributed by atoms with E-state index in [2.05, 4.69) is 0 Å². The Bertz CT molecular complexity index is 345. The molecule has 0 bridgehead atoms. The lowest BCUT2D eigenvalue weighted by Crippen LogP contribution is -1.93. The van der Waals surface area contributed by atoms with E-state index in [0.29, 0.717) is 6.29 Å². The fourth-order valence-electron chi connectivity index (χ4n) is 0.823. The van der Waals surface area contributed by atoms with Crippen LogP contribution < -0.4 is 0 Å². The van der Waals surface area contributed by atoms with Gasteiger partial charge in [-0.1, -0.05) is 11.6 Å². The van der Waals surface area contributed by atoms with Crippen molar-refractivity contribution in [3.05, 3.63) is 27.0 Å². The Morgan fingerprint density at radius 3 is 2.58 bits per heavy atom. The number of hydrogen-bond acceptors (Lipinski definition) is 3. The lowest BCUT2D eigenvalue weighted by Gasteiger charge is -1.93. The second-order valence-electron chi connectivity index (χ2n) is 2.18. The van der Waals surface area contributed by atoms with Crippen molar-refractivity contribution in [1.29, 1.82) is 0 Å². The first kappa shape index (κ1) is 8.73. The van der Waals surface area contributed by atoms with Crippen molar-refractivity contribution in [2.75, 3.05) is 0 Å². The molecule has 6 heteroatoms. The van der Waals surface area contributed by atoms with E-state index in [9.17, 15) is 14.9 Å². The summed E-state index contributed by atoms with van der Waals surface area (Å²) in [6.07, 6.45) is 0.513. The van der Waals surface area contributed by atoms with Crippen LogP contribution in [0.2, 0.25) is 5.15 Å². The van der Waals surface area contributed by atoms with Crippen molar-refractivity contribution in [3.8, 4) is 0 Å². The van der Waals surface area contributed by atoms with E-state index in [1.54, 1.807) is 0 Å². The Morgan fingerprint density at radius 2 is 2.33 bits per heavy atom. The van der Waals surface area contributed by atoms with Crippen molar-refractivity contribution in [2.45, 2.75) is 0 Å². The molecule has 1 aromatic heterocycles. The van der Waals surface area contributed by atoms with Crippen LogP contribution in [-0.2, 0) is 7.05 Å². The fourth-order valence-corrected chi connectivity index (χ4v) is 1.04. The van der Waals surface area contributed by atoms with Gasteiger partial charge in [-0.25, -0.2) is 0 Å². The number of carbonyl (C=O) groups excluding carboxylic acids is 1. The third kappa shape index (κ3) is 1.18. The van der Waals surface area contributed by atoms with Gasteiger partial charge in [0, 0.05) is 13.1 Å². The molecule has 12 heavy (non-hydrogen) atoms. The first-order valence-corrected chi connectivity index (χ1v) is 3.40. The first-order chi connectivity index (χ1) is 5.57. The molecule has 0 amide bonds. The fraction of sp³-hybridized carbons (Fsp3) is 0.167. The zero-order valence-electron chi connectivity index (χ0n) is 6.15. The van der Waals surface area contributed by atoms with Gasteiger partial charge in [-0.15, -0.1) is 0 Å². The summed E-state index contributed by atoms with van der Waals surface area (Å²) in [4.78, 5) is 20.0. The van der Waals surface area contributed by atoms with Gasteiger partial charge in [-0.2, -0.15) is 0 Å². The van der Waals surface area contributed by atoms with Crippen molar-refractivity contribution in [3.63, 3.8) is 0 Å². The largest absolute Gasteiger partial charge is 0.327 e. The minimum atomic E-state index is -0.630. The topological polar surface area (TPSA) is 65.1 Å². The average Bonchev–Trinajstić information content (AvgIpc) is 2.30. The maximum atomic E-state index is 10.3. The number of nitrogens with zero attached hydrogens (tertiary/aromatic N) is 2. The smallest absolute Gasteiger partial charge is 0.306 e. The molecule has 0 aliphatic rings. The average molecular weight is 189 g/mol. The summed E-state index contributed by atoms with van der Waals surface area (Å²) in [6.45, 7) is 0. The quantitative estimate of drug-likeness (QED) is 0.400. The number of carbonyl (C=O) groups is 1. The summed E-state index contributed by atoms with van der Waals surface area (Å²) < 4.78 is 1.26. The molecule has 0 aliphatic heterocycles. The maximum absolute atomic E-state index is 10.3. The molecular weight excluding hydrogens is 184 g/mol. The van der Waals surface area contributed by atoms with Gasteiger partial charge in [0.2, 0.25) is 0 Å². The van der Waals surface area contributed by atoms with E-state index in [-0.39, 0.29) is 16.5 Å². The van der Waals surface area contributed by atoms with Gasteiger partial charge in [0.15, 0.2) is 11.4 Å². The molecule has 0 saturated heterocycles. The van der Waals surface area contributed by atoms with E-state index in [0.717, 1.165) is 6.07 Å². The van der Waals surface area contributed by atoms with Gasteiger partial charge in [-0.3, -0.25) is 14.9 Å². The van der Waals surface area contributed by atoms with Gasteiger partial charge in [0.25, 0.3) is 0 Å². The number of aldehydes is 1. The third-order valence-electron chi connectivity index (χ3n) is 1.50. The molecule has 1 rings (SSSR count). The molecule has 1 aromatic rings. The summed E-state index contributed by atoms with van der Waals surface area (Å²) in [5.74, 6) is 0. The van der Waals surface area contributed by atoms with Gasteiger partial charge in [-0.05, 0) is 0 Å². The Kier molecular flexibility index (Phi) is 2.14. The molecule has 0 saturated carbocycles. The highest BCUT2D eigenvalue weighted by Crippen LogP contribution is 2.26. The van der Waals surface area contributed by atoms with E-state index < -0.39 is 4.92 Å². The van der Waals surface area contributed by atoms with E-state index in [1.807, 2.05) is 0 Å². The summed E-state index contributed by atoms with van der Waals surface area (Å²) in [6, 6.07) is 1.13. The van der Waals surface area contributed by atoms with E-state index in [4.69, 9.17) is 11.6 Å². The number of nitro groups is 1. The molecular formula is C6H5ClN2O3. The highest BCUT2D eigenvalue weighted by atomic mass is 35.5. The van der Waals surface area contributed by atoms with Crippen LogP contribution in [0.15, 0.2) is 6.07 Å². The Balaban J connectivity index is 3.34. The molecule has 0 aliphatic carbocycles. The lowest BCUT2D eigenvalue weighted by atomic mass is 10.4. The van der Waals surface area contributed by atoms with Crippen LogP contribution in [0.25, 0.3) is 0 Å². The number of rotatable bonds is 2. The molecule has 1 heterocycles. The number of halogens is 1. The predicted octanol–water partition coefficient (Wildman–Crippen LogP) is 1.40. The van der Waals surface area contributed by atoms with Gasteiger partial charge in [0.1, 0.15) is 0 Å². The van der Waals surface area contributed by atoms with Crippen LogP contribution in [0.1, 0.15) is 10.5 Å². The molecule has 64 valence electrons. The van der Waals surface area contributed by atoms with Gasteiger partial charge < -0.3 is 4.57 Å². The molecule has 0 spiro atoms. The number of aromatic nitrogens is 1. The summed E-state index contributed by atoms with van der Waals surface area (Å²) in [5.41, 5.74) is -0.0621. The summed E-state index contributed by atoms with van der Waals surface area (Å²) >= 11 is 5.55. The molecule has 0 radical (unpaired) electrons. The first-order valence-electron chi connectivity index (χ1n) is 3.02. The molecule has 0 N–H and O–H groups in total. The van der Waals surface area contributed by atoms with E-state index in [1.165, 1.54) is 11.6 Å². The van der Waals surface area contributed by atoms with Crippen LogP contribution in [0.4, 0.5) is 5.69 Å². The van der Waals surface area contributed by atoms with Crippen LogP contribution in [0.5, 0.6) is 0 Å². The minimum absolute atomic E-state index is 0.0397. The van der Waals surface area contributed by atoms with Crippen molar-refractivity contribution >= 4 is 23.6 Å². The van der Waals surface area contributed by atoms with Crippen molar-refractivity contribution in [1.82, 2.24) is 4.57 Å². The number of hydrogen-bond donors (Lipinski definition) is 0. The molecule has 0 aromatic carbocycles. The maximum Gasteiger partial charge on any atom is 0.306 e. The standard InChI is InChI=1S/C6H5ClN2O3/c1-8-4(3-10)2-5(6(8)7)9(11)12/h2-3H,1H3. The van der Waals surface area contributed by atoms with Crippen LogP contribution in [0, 0.1) is 10.1 Å². The molecule has 5 nitrogen and oxygen atoms in total. The Morgan fingerprint density at radius 1 is 1.75 bits per heavy atom. The monoisotopic (exact) mass is 188 g/mol. The zero-order chi connectivity index (χ0) is 9.30. The third-order valence-corrected chi connectivity index (χ3v) is 1.94. The van der Waals surface area contributed by atoms with Crippen LogP contribution in [0.3, 0.4) is 0 Å². The van der Waals surface area contributed by atoms with Crippen molar-refractivity contribution in [2.24, 2.45) is 7.05 Å². The van der Waals surface area contributed by atoms with Gasteiger partial charge in [0.05, 0.1) is 10.6 Å². The van der Waals surface area contributed by atoms with Crippen LogP contribution in [-0.4, -0.2) is 15.8 Å². The van der Waals surface area contributed by atoms with Crippen molar-refractivity contribution < 1.29 is 9.72 Å². The molecule has 0 unspecified atom stereocenters. The minimum Gasteiger partial charge on any atom is -0.327 e. The SMILES string of the molecule is Cn1c(C=O)cc([N+](=O)[O-])c1Cl. The predicted molar refractivity (Wildman–Crippen MR) is 42.5 cm³/mol. The van der Waals surface area contributed by atoms with Gasteiger partial charge >= 0.3 is 5.69 Å². The molecule has 0 atom stereocenters. The van der Waals surface area contributed by atoms with E-state index >= 15 is 0 Å². The second kappa shape index (κ2) is 2.94. The summed E-state index contributed by atoms with van der Waals surface area (Å²) in [5, 5.41) is 10.3. The highest BCUT2D eigenvalue weighted by molar-refractivity contribution is 6.32. The Hall–Kier alpha value is -1.36. The molecule has 0 fully saturated rings. The Labute approximate surface area is 72.7 Å². The zero-order valence-corrected chi connectivity index (χ0v) is 6.91. The highest BCUT2D eigenvalue weighted by Gasteiger charge is 2.19. The summed E-state index contributed by atoms with van der Waals surface area (Å²) in [7, 11) is 1.49. The van der Waals surface area contributed by atoms with Crippen LogP contribution >= 0.6 is 11.6 Å². The second-order valence-corrected chi connectivity index (χ2v) is 2.54. The lowest BCUT2D eigenvalue weighted by molar-refractivity contribution is -0.384.